The number of carboxylic acids is 1. The lowest BCUT2D eigenvalue weighted by molar-refractivity contribution is -0.152. The van der Waals surface area contributed by atoms with Crippen molar-refractivity contribution in [2.75, 3.05) is 6.61 Å². The Morgan fingerprint density at radius 2 is 1.00 bits per heavy atom. The molecule has 4 nitrogen and oxygen atoms in total. The number of ether oxygens (including phenoxy) is 1. The highest BCUT2D eigenvalue weighted by Gasteiger charge is 2.22. The third-order valence-corrected chi connectivity index (χ3v) is 7.76. The molecule has 0 heterocycles. The van der Waals surface area contributed by atoms with E-state index in [1.807, 2.05) is 0 Å². The molecular weight excluding hydrogens is 484 g/mol. The second kappa shape index (κ2) is 31.0. The number of allylic oxidation sites excluding steroid dienone is 2. The Balaban J connectivity index is 3.31. The van der Waals surface area contributed by atoms with Gasteiger partial charge < -0.3 is 9.84 Å². The van der Waals surface area contributed by atoms with E-state index in [1.54, 1.807) is 0 Å². The van der Waals surface area contributed by atoms with E-state index in [0.717, 1.165) is 12.8 Å². The van der Waals surface area contributed by atoms with Gasteiger partial charge >= 0.3 is 11.9 Å². The number of hydrogen-bond donors (Lipinski definition) is 1. The monoisotopic (exact) mass is 548 g/mol. The minimum atomic E-state index is -0.941. The topological polar surface area (TPSA) is 63.6 Å². The zero-order valence-electron chi connectivity index (χ0n) is 25.8. The number of carbonyl (C=O) groups is 2. The van der Waals surface area contributed by atoms with Crippen LogP contribution in [0.25, 0.3) is 0 Å². The average molecular weight is 549 g/mol. The molecular formula is C35H64O4. The molecule has 0 aliphatic carbocycles. The van der Waals surface area contributed by atoms with E-state index in [0.29, 0.717) is 6.42 Å². The fraction of sp³-hybridized carbons (Fsp3) is 0.829. The van der Waals surface area contributed by atoms with Crippen LogP contribution >= 0.6 is 0 Å². The molecule has 0 fully saturated rings. The molecule has 0 aromatic rings. The van der Waals surface area contributed by atoms with Crippen LogP contribution in [0, 0.1) is 5.92 Å². The van der Waals surface area contributed by atoms with Gasteiger partial charge in [0.2, 0.25) is 0 Å². The molecule has 0 bridgehead atoms. The maximum Gasteiger partial charge on any atom is 0.309 e. The van der Waals surface area contributed by atoms with Gasteiger partial charge in [-0.15, -0.1) is 0 Å². The summed E-state index contributed by atoms with van der Waals surface area (Å²) in [4.78, 5) is 23.0. The summed E-state index contributed by atoms with van der Waals surface area (Å²) in [6.07, 6.45) is 38.7. The van der Waals surface area contributed by atoms with Gasteiger partial charge in [0.25, 0.3) is 0 Å². The van der Waals surface area contributed by atoms with Crippen molar-refractivity contribution >= 4 is 11.9 Å². The highest BCUT2D eigenvalue weighted by Crippen LogP contribution is 2.19. The number of aliphatic carboxylic acids is 1. The average Bonchev–Trinajstić information content (AvgIpc) is 2.92. The normalized spacial score (nSPS) is 12.1. The molecule has 1 N–H and O–H groups in total. The first-order valence-electron chi connectivity index (χ1n) is 16.7. The SMILES string of the molecule is C=CCOC(=O)C(CCCCCCCCCCCCCCCCCCCCCCCCC/C=C/C)CC(=O)O. The molecule has 0 aliphatic heterocycles. The fourth-order valence-electron chi connectivity index (χ4n) is 5.30. The summed E-state index contributed by atoms with van der Waals surface area (Å²) >= 11 is 0. The predicted octanol–water partition coefficient (Wildman–Crippen LogP) is 11.1. The second-order valence-corrected chi connectivity index (χ2v) is 11.5. The molecule has 0 aromatic heterocycles. The Morgan fingerprint density at radius 1 is 0.641 bits per heavy atom. The molecule has 0 spiro atoms. The zero-order valence-corrected chi connectivity index (χ0v) is 25.8. The van der Waals surface area contributed by atoms with E-state index in [4.69, 9.17) is 9.84 Å². The zero-order chi connectivity index (χ0) is 28.7. The summed E-state index contributed by atoms with van der Waals surface area (Å²) in [6, 6.07) is 0. The Hall–Kier alpha value is -1.58. The van der Waals surface area contributed by atoms with Crippen molar-refractivity contribution in [1.82, 2.24) is 0 Å². The summed E-state index contributed by atoms with van der Waals surface area (Å²) in [7, 11) is 0. The van der Waals surface area contributed by atoms with Crippen molar-refractivity contribution in [3.63, 3.8) is 0 Å². The summed E-state index contributed by atoms with van der Waals surface area (Å²) in [6.45, 7) is 5.78. The number of carbonyl (C=O) groups excluding carboxylic acids is 1. The van der Waals surface area contributed by atoms with Crippen LogP contribution in [0.3, 0.4) is 0 Å². The van der Waals surface area contributed by atoms with Crippen LogP contribution in [-0.4, -0.2) is 23.7 Å². The van der Waals surface area contributed by atoms with Crippen molar-refractivity contribution in [1.29, 1.82) is 0 Å². The van der Waals surface area contributed by atoms with Crippen molar-refractivity contribution in [3.05, 3.63) is 24.8 Å². The first-order chi connectivity index (χ1) is 19.1. The van der Waals surface area contributed by atoms with Crippen LogP contribution < -0.4 is 0 Å². The van der Waals surface area contributed by atoms with Gasteiger partial charge in [-0.05, 0) is 26.2 Å². The Morgan fingerprint density at radius 3 is 1.33 bits per heavy atom. The molecule has 1 atom stereocenters. The minimum absolute atomic E-state index is 0.145. The smallest absolute Gasteiger partial charge is 0.309 e. The lowest BCUT2D eigenvalue weighted by Gasteiger charge is -2.13. The first-order valence-corrected chi connectivity index (χ1v) is 16.7. The van der Waals surface area contributed by atoms with Gasteiger partial charge in [-0.1, -0.05) is 166 Å². The van der Waals surface area contributed by atoms with Crippen LogP contribution in [0.4, 0.5) is 0 Å². The van der Waals surface area contributed by atoms with Crippen molar-refractivity contribution in [3.8, 4) is 0 Å². The highest BCUT2D eigenvalue weighted by molar-refractivity contribution is 5.79. The lowest BCUT2D eigenvalue weighted by atomic mass is 9.97. The molecule has 4 heteroatoms. The van der Waals surface area contributed by atoms with Gasteiger partial charge in [-0.25, -0.2) is 0 Å². The quantitative estimate of drug-likeness (QED) is 0.0531. The molecule has 1 unspecified atom stereocenters. The van der Waals surface area contributed by atoms with Crippen LogP contribution in [0.1, 0.15) is 174 Å². The Bertz CT molecular complexity index is 583. The number of unbranched alkanes of at least 4 members (excludes halogenated alkanes) is 23. The van der Waals surface area contributed by atoms with Gasteiger partial charge in [0.05, 0.1) is 12.3 Å². The molecule has 0 rings (SSSR count). The largest absolute Gasteiger partial charge is 0.481 e. The molecule has 39 heavy (non-hydrogen) atoms. The molecule has 0 amide bonds. The van der Waals surface area contributed by atoms with Gasteiger partial charge in [-0.2, -0.15) is 0 Å². The standard InChI is InChI=1S/C35H64O4/c1-3-5-6-7-8-9-10-11-12-13-14-15-16-17-18-19-20-21-22-23-24-25-26-27-28-29-30-33(32-34(36)37)35(38)39-31-4-2/h3-5,33H,2,6-32H2,1H3,(H,36,37)/b5-3+. The lowest BCUT2D eigenvalue weighted by Crippen LogP contribution is -2.21. The van der Waals surface area contributed by atoms with E-state index < -0.39 is 17.9 Å². The highest BCUT2D eigenvalue weighted by atomic mass is 16.5. The number of carboxylic acid groups (broad SMARTS) is 1. The second-order valence-electron chi connectivity index (χ2n) is 11.5. The summed E-state index contributed by atoms with van der Waals surface area (Å²) in [5.74, 6) is -1.88. The molecule has 0 saturated heterocycles. The first kappa shape index (κ1) is 37.4. The summed E-state index contributed by atoms with van der Waals surface area (Å²) in [5, 5.41) is 9.03. The maximum absolute atomic E-state index is 12.0. The van der Waals surface area contributed by atoms with Gasteiger partial charge in [0, 0.05) is 0 Å². The van der Waals surface area contributed by atoms with Crippen molar-refractivity contribution < 1.29 is 19.4 Å². The van der Waals surface area contributed by atoms with Gasteiger partial charge in [0.1, 0.15) is 6.61 Å². The predicted molar refractivity (Wildman–Crippen MR) is 167 cm³/mol. The number of rotatable bonds is 31. The minimum Gasteiger partial charge on any atom is -0.481 e. The van der Waals surface area contributed by atoms with E-state index in [2.05, 4.69) is 25.7 Å². The summed E-state index contributed by atoms with van der Waals surface area (Å²) < 4.78 is 5.04. The third-order valence-electron chi connectivity index (χ3n) is 7.76. The Kier molecular flexibility index (Phi) is 29.7. The van der Waals surface area contributed by atoms with E-state index in [1.165, 1.54) is 147 Å². The number of esters is 1. The van der Waals surface area contributed by atoms with Gasteiger partial charge in [0.15, 0.2) is 0 Å². The maximum atomic E-state index is 12.0. The van der Waals surface area contributed by atoms with Crippen molar-refractivity contribution in [2.24, 2.45) is 5.92 Å². The van der Waals surface area contributed by atoms with Gasteiger partial charge in [-0.3, -0.25) is 9.59 Å². The van der Waals surface area contributed by atoms with E-state index in [-0.39, 0.29) is 13.0 Å². The van der Waals surface area contributed by atoms with Crippen LogP contribution in [0.15, 0.2) is 24.8 Å². The molecule has 0 saturated carbocycles. The van der Waals surface area contributed by atoms with E-state index >= 15 is 0 Å². The Labute approximate surface area is 242 Å². The van der Waals surface area contributed by atoms with Crippen LogP contribution in [-0.2, 0) is 14.3 Å². The van der Waals surface area contributed by atoms with Crippen LogP contribution in [0.2, 0.25) is 0 Å². The van der Waals surface area contributed by atoms with Crippen molar-refractivity contribution in [2.45, 2.75) is 174 Å². The molecule has 0 radical (unpaired) electrons. The summed E-state index contributed by atoms with van der Waals surface area (Å²) in [5.41, 5.74) is 0. The number of hydrogen-bond acceptors (Lipinski definition) is 3. The molecule has 0 aromatic carbocycles. The fourth-order valence-corrected chi connectivity index (χ4v) is 5.30. The third kappa shape index (κ3) is 29.2. The van der Waals surface area contributed by atoms with Crippen LogP contribution in [0.5, 0.6) is 0 Å². The van der Waals surface area contributed by atoms with E-state index in [9.17, 15) is 9.59 Å². The molecule has 228 valence electrons. The molecule has 0 aliphatic rings.